The van der Waals surface area contributed by atoms with Gasteiger partial charge in [-0.25, -0.2) is 15.8 Å². The first-order valence-electron chi connectivity index (χ1n) is 7.24. The summed E-state index contributed by atoms with van der Waals surface area (Å²) in [6, 6.07) is 0. The van der Waals surface area contributed by atoms with Crippen molar-refractivity contribution >= 4 is 11.6 Å². The highest BCUT2D eigenvalue weighted by Crippen LogP contribution is 2.39. The van der Waals surface area contributed by atoms with Crippen molar-refractivity contribution < 1.29 is 0 Å². The molecule has 1 fully saturated rings. The fourth-order valence-corrected chi connectivity index (χ4v) is 2.30. The Kier molecular flexibility index (Phi) is 3.74. The number of rotatable bonds is 6. The number of nitrogens with one attached hydrogen (secondary N) is 2. The van der Waals surface area contributed by atoms with Crippen LogP contribution in [-0.2, 0) is 13.5 Å². The summed E-state index contributed by atoms with van der Waals surface area (Å²) in [4.78, 5) is 9.12. The topological polar surface area (TPSA) is 93.7 Å². The van der Waals surface area contributed by atoms with Crippen LogP contribution < -0.4 is 16.6 Å². The predicted molar refractivity (Wildman–Crippen MR) is 82.0 cm³/mol. The number of anilines is 2. The van der Waals surface area contributed by atoms with Crippen LogP contribution in [0.25, 0.3) is 0 Å². The van der Waals surface area contributed by atoms with Gasteiger partial charge in [-0.15, -0.1) is 0 Å². The Morgan fingerprint density at radius 2 is 2.10 bits per heavy atom. The molecule has 7 nitrogen and oxygen atoms in total. The largest absolute Gasteiger partial charge is 0.369 e. The average molecular weight is 287 g/mol. The second kappa shape index (κ2) is 5.69. The Hall–Kier alpha value is -2.15. The van der Waals surface area contributed by atoms with Gasteiger partial charge in [0.1, 0.15) is 17.5 Å². The first kappa shape index (κ1) is 13.8. The van der Waals surface area contributed by atoms with Gasteiger partial charge in [-0.3, -0.25) is 4.68 Å². The lowest BCUT2D eigenvalue weighted by Gasteiger charge is -2.13. The summed E-state index contributed by atoms with van der Waals surface area (Å²) in [5, 5.41) is 7.55. The van der Waals surface area contributed by atoms with Crippen molar-refractivity contribution in [2.45, 2.75) is 32.1 Å². The standard InChI is InChI=1S/C14H21N7/c1-9-12(16-6-5-10-7-17-21(2)8-10)18-14(11-3-4-11)19-13(9)20-15/h7-8,11H,3-6,15H2,1-2H3,(H2,16,18,19,20). The van der Waals surface area contributed by atoms with Gasteiger partial charge in [-0.05, 0) is 31.7 Å². The molecule has 0 atom stereocenters. The summed E-state index contributed by atoms with van der Waals surface area (Å²) >= 11 is 0. The zero-order valence-corrected chi connectivity index (χ0v) is 12.4. The second-order valence-electron chi connectivity index (χ2n) is 5.52. The summed E-state index contributed by atoms with van der Waals surface area (Å²) in [5.74, 6) is 8.50. The Bertz CT molecular complexity index is 630. The Balaban J connectivity index is 1.70. The fraction of sp³-hybridized carbons (Fsp3) is 0.500. The van der Waals surface area contributed by atoms with Crippen molar-refractivity contribution in [3.63, 3.8) is 0 Å². The van der Waals surface area contributed by atoms with Crippen LogP contribution in [-0.4, -0.2) is 26.3 Å². The lowest BCUT2D eigenvalue weighted by Crippen LogP contribution is -2.15. The fourth-order valence-electron chi connectivity index (χ4n) is 2.30. The number of hydrogen-bond donors (Lipinski definition) is 3. The molecule has 1 saturated carbocycles. The quantitative estimate of drug-likeness (QED) is 0.548. The molecule has 2 aromatic heterocycles. The van der Waals surface area contributed by atoms with Gasteiger partial charge in [0.25, 0.3) is 0 Å². The van der Waals surface area contributed by atoms with Crippen LogP contribution in [0.4, 0.5) is 11.6 Å². The van der Waals surface area contributed by atoms with Crippen LogP contribution in [0.1, 0.15) is 35.7 Å². The van der Waals surface area contributed by atoms with Crippen LogP contribution in [0.5, 0.6) is 0 Å². The summed E-state index contributed by atoms with van der Waals surface area (Å²) in [6.45, 7) is 2.77. The van der Waals surface area contributed by atoms with E-state index in [-0.39, 0.29) is 0 Å². The number of nitrogens with zero attached hydrogens (tertiary/aromatic N) is 4. The Morgan fingerprint density at radius 3 is 2.71 bits per heavy atom. The van der Waals surface area contributed by atoms with E-state index in [0.717, 1.165) is 30.2 Å². The highest BCUT2D eigenvalue weighted by atomic mass is 15.3. The van der Waals surface area contributed by atoms with E-state index in [1.807, 2.05) is 31.0 Å². The SMILES string of the molecule is Cc1c(NN)nc(C2CC2)nc1NCCc1cnn(C)c1. The highest BCUT2D eigenvalue weighted by Gasteiger charge is 2.28. The molecule has 7 heteroatoms. The third-order valence-electron chi connectivity index (χ3n) is 3.71. The van der Waals surface area contributed by atoms with Crippen molar-refractivity contribution in [1.29, 1.82) is 0 Å². The molecule has 0 aromatic carbocycles. The maximum Gasteiger partial charge on any atom is 0.148 e. The van der Waals surface area contributed by atoms with Gasteiger partial charge in [-0.1, -0.05) is 0 Å². The van der Waals surface area contributed by atoms with Gasteiger partial charge in [0.05, 0.1) is 6.20 Å². The summed E-state index contributed by atoms with van der Waals surface area (Å²) < 4.78 is 1.81. The average Bonchev–Trinajstić information content (AvgIpc) is 3.24. The van der Waals surface area contributed by atoms with Crippen molar-refractivity contribution in [1.82, 2.24) is 19.7 Å². The molecule has 1 aliphatic rings. The molecule has 4 N–H and O–H groups in total. The Morgan fingerprint density at radius 1 is 1.33 bits per heavy atom. The summed E-state index contributed by atoms with van der Waals surface area (Å²) in [6.07, 6.45) is 7.15. The molecule has 3 rings (SSSR count). The molecular weight excluding hydrogens is 266 g/mol. The molecule has 0 radical (unpaired) electrons. The first-order chi connectivity index (χ1) is 10.2. The molecule has 1 aliphatic carbocycles. The van der Waals surface area contributed by atoms with E-state index in [1.54, 1.807) is 0 Å². The van der Waals surface area contributed by atoms with Crippen LogP contribution in [0.2, 0.25) is 0 Å². The molecule has 0 aliphatic heterocycles. The lowest BCUT2D eigenvalue weighted by atomic mass is 10.2. The van der Waals surface area contributed by atoms with Crippen LogP contribution in [0.3, 0.4) is 0 Å². The van der Waals surface area contributed by atoms with Crippen molar-refractivity contribution in [2.75, 3.05) is 17.3 Å². The van der Waals surface area contributed by atoms with Crippen molar-refractivity contribution in [3.05, 3.63) is 29.3 Å². The number of nitrogen functional groups attached to an aromatic ring is 1. The van der Waals surface area contributed by atoms with Gasteiger partial charge in [-0.2, -0.15) is 5.10 Å². The molecule has 2 heterocycles. The third kappa shape index (κ3) is 3.13. The molecule has 0 amide bonds. The van der Waals surface area contributed by atoms with Gasteiger partial charge in [0.2, 0.25) is 0 Å². The van der Waals surface area contributed by atoms with E-state index < -0.39 is 0 Å². The van der Waals surface area contributed by atoms with Gasteiger partial charge < -0.3 is 10.7 Å². The van der Waals surface area contributed by atoms with Crippen LogP contribution in [0.15, 0.2) is 12.4 Å². The molecular formula is C14H21N7. The smallest absolute Gasteiger partial charge is 0.148 e. The number of nitrogens with two attached hydrogens (primary N) is 1. The van der Waals surface area contributed by atoms with E-state index in [9.17, 15) is 0 Å². The molecule has 0 bridgehead atoms. The minimum atomic E-state index is 0.497. The lowest BCUT2D eigenvalue weighted by molar-refractivity contribution is 0.766. The van der Waals surface area contributed by atoms with Gasteiger partial charge >= 0.3 is 0 Å². The van der Waals surface area contributed by atoms with Gasteiger partial charge in [0, 0.05) is 31.3 Å². The minimum absolute atomic E-state index is 0.497. The normalized spacial score (nSPS) is 14.2. The van der Waals surface area contributed by atoms with E-state index in [1.165, 1.54) is 18.4 Å². The van der Waals surface area contributed by atoms with E-state index >= 15 is 0 Å². The number of aryl methyl sites for hydroxylation is 1. The minimum Gasteiger partial charge on any atom is -0.369 e. The second-order valence-corrected chi connectivity index (χ2v) is 5.52. The number of hydrazine groups is 1. The summed E-state index contributed by atoms with van der Waals surface area (Å²) in [7, 11) is 1.92. The molecule has 2 aromatic rings. The molecule has 0 saturated heterocycles. The van der Waals surface area contributed by atoms with Gasteiger partial charge in [0.15, 0.2) is 0 Å². The zero-order valence-electron chi connectivity index (χ0n) is 12.4. The molecule has 112 valence electrons. The zero-order chi connectivity index (χ0) is 14.8. The molecule has 0 unspecified atom stereocenters. The van der Waals surface area contributed by atoms with E-state index in [0.29, 0.717) is 11.7 Å². The first-order valence-corrected chi connectivity index (χ1v) is 7.24. The highest BCUT2D eigenvalue weighted by molar-refractivity contribution is 5.57. The number of hydrogen-bond acceptors (Lipinski definition) is 6. The van der Waals surface area contributed by atoms with Crippen molar-refractivity contribution in [3.8, 4) is 0 Å². The molecule has 21 heavy (non-hydrogen) atoms. The maximum absolute atomic E-state index is 5.55. The predicted octanol–water partition coefficient (Wildman–Crippen LogP) is 1.34. The van der Waals surface area contributed by atoms with Crippen LogP contribution >= 0.6 is 0 Å². The third-order valence-corrected chi connectivity index (χ3v) is 3.71. The Labute approximate surface area is 123 Å². The maximum atomic E-state index is 5.55. The van der Waals surface area contributed by atoms with Crippen molar-refractivity contribution in [2.24, 2.45) is 12.9 Å². The number of aromatic nitrogens is 4. The summed E-state index contributed by atoms with van der Waals surface area (Å²) in [5.41, 5.74) is 4.82. The van der Waals surface area contributed by atoms with E-state index in [4.69, 9.17) is 5.84 Å². The molecule has 0 spiro atoms. The van der Waals surface area contributed by atoms with Crippen LogP contribution in [0, 0.1) is 6.92 Å². The monoisotopic (exact) mass is 287 g/mol. The van der Waals surface area contributed by atoms with E-state index in [2.05, 4.69) is 25.8 Å².